The van der Waals surface area contributed by atoms with Crippen molar-refractivity contribution in [2.75, 3.05) is 6.61 Å². The van der Waals surface area contributed by atoms with Gasteiger partial charge in [0, 0.05) is 6.42 Å². The minimum Gasteiger partial charge on any atom is -0.481 e. The van der Waals surface area contributed by atoms with Gasteiger partial charge in [0.15, 0.2) is 0 Å². The summed E-state index contributed by atoms with van der Waals surface area (Å²) in [5.74, 6) is 1.41. The number of unbranched alkanes of at least 4 members (excludes halogenated alkanes) is 9. The summed E-state index contributed by atoms with van der Waals surface area (Å²) in [4.78, 5) is 24.2. The van der Waals surface area contributed by atoms with Crippen LogP contribution in [0.5, 0.6) is 0 Å². The molecular weight excluding hydrogens is 460 g/mol. The van der Waals surface area contributed by atoms with Crippen molar-refractivity contribution in [2.24, 2.45) is 29.6 Å². The average Bonchev–Trinajstić information content (AvgIpc) is 2.87. The Kier molecular flexibility index (Phi) is 23.3. The van der Waals surface area contributed by atoms with Crippen molar-refractivity contribution < 1.29 is 19.4 Å². The van der Waals surface area contributed by atoms with Gasteiger partial charge in [-0.25, -0.2) is 0 Å². The van der Waals surface area contributed by atoms with Crippen molar-refractivity contribution in [3.05, 3.63) is 0 Å². The number of hydrogen-bond acceptors (Lipinski definition) is 3. The van der Waals surface area contributed by atoms with Crippen LogP contribution in [0.1, 0.15) is 164 Å². The van der Waals surface area contributed by atoms with Gasteiger partial charge in [-0.05, 0) is 49.4 Å². The maximum atomic E-state index is 13.6. The molecule has 0 saturated heterocycles. The summed E-state index contributed by atoms with van der Waals surface area (Å²) in [7, 11) is 0. The van der Waals surface area contributed by atoms with Crippen LogP contribution in [-0.2, 0) is 14.3 Å². The highest BCUT2D eigenvalue weighted by Gasteiger charge is 2.33. The molecule has 4 atom stereocenters. The van der Waals surface area contributed by atoms with E-state index < -0.39 is 5.97 Å². The summed E-state index contributed by atoms with van der Waals surface area (Å²) in [5, 5.41) is 8.74. The van der Waals surface area contributed by atoms with Gasteiger partial charge in [0.1, 0.15) is 0 Å². The number of aliphatic carboxylic acids is 1. The summed E-state index contributed by atoms with van der Waals surface area (Å²) in [6.07, 6.45) is 21.0. The maximum absolute atomic E-state index is 13.6. The van der Waals surface area contributed by atoms with Crippen molar-refractivity contribution in [3.8, 4) is 0 Å². The van der Waals surface area contributed by atoms with Gasteiger partial charge in [0.05, 0.1) is 12.5 Å². The Morgan fingerprint density at radius 2 is 1.19 bits per heavy atom. The molecule has 0 spiro atoms. The zero-order valence-electron chi connectivity index (χ0n) is 25.7. The molecule has 0 amide bonds. The zero-order chi connectivity index (χ0) is 27.9. The van der Waals surface area contributed by atoms with Crippen LogP contribution in [0.15, 0.2) is 0 Å². The highest BCUT2D eigenvalue weighted by molar-refractivity contribution is 5.72. The summed E-state index contributed by atoms with van der Waals surface area (Å²) in [5.41, 5.74) is 0. The van der Waals surface area contributed by atoms with Crippen molar-refractivity contribution >= 4 is 11.9 Å². The first kappa shape index (κ1) is 35.9. The largest absolute Gasteiger partial charge is 0.481 e. The molecule has 4 nitrogen and oxygen atoms in total. The maximum Gasteiger partial charge on any atom is 0.309 e. The zero-order valence-corrected chi connectivity index (χ0v) is 25.7. The summed E-state index contributed by atoms with van der Waals surface area (Å²) < 4.78 is 6.07. The highest BCUT2D eigenvalue weighted by Crippen LogP contribution is 2.35. The standard InChI is InChI=1S/C33H64O4/c1-7-11-21-28(9-3)25-31(33(36)37-26-29(10-4)22-12-8-2)30(27(5)6)23-19-17-15-13-14-16-18-20-24-32(34)35/h27-31H,7-26H2,1-6H3,(H,34,35). The number of hydrogen-bond donors (Lipinski definition) is 1. The second-order valence-electron chi connectivity index (χ2n) is 12.0. The second kappa shape index (κ2) is 24.0. The Labute approximate surface area is 231 Å². The number of carbonyl (C=O) groups is 2. The Balaban J connectivity index is 4.92. The SMILES string of the molecule is CCCCC(CC)COC(=O)C(CC(CC)CCCC)C(CCCCCCCCCCC(=O)O)C(C)C. The fourth-order valence-corrected chi connectivity index (χ4v) is 5.71. The van der Waals surface area contributed by atoms with E-state index in [9.17, 15) is 9.59 Å². The third-order valence-corrected chi connectivity index (χ3v) is 8.49. The van der Waals surface area contributed by atoms with E-state index in [1.807, 2.05) is 0 Å². The first-order chi connectivity index (χ1) is 17.8. The first-order valence-corrected chi connectivity index (χ1v) is 16.2. The highest BCUT2D eigenvalue weighted by atomic mass is 16.5. The molecule has 0 aromatic carbocycles. The van der Waals surface area contributed by atoms with Crippen molar-refractivity contribution in [3.63, 3.8) is 0 Å². The molecule has 0 heterocycles. The fraction of sp³-hybridized carbons (Fsp3) is 0.939. The molecule has 37 heavy (non-hydrogen) atoms. The fourth-order valence-electron chi connectivity index (χ4n) is 5.71. The van der Waals surface area contributed by atoms with E-state index in [0.29, 0.717) is 36.7 Å². The molecule has 0 aliphatic rings. The van der Waals surface area contributed by atoms with Crippen LogP contribution in [0.25, 0.3) is 0 Å². The van der Waals surface area contributed by atoms with Gasteiger partial charge in [0.25, 0.3) is 0 Å². The summed E-state index contributed by atoms with van der Waals surface area (Å²) >= 11 is 0. The van der Waals surface area contributed by atoms with Crippen LogP contribution in [-0.4, -0.2) is 23.7 Å². The monoisotopic (exact) mass is 524 g/mol. The molecule has 0 aliphatic heterocycles. The van der Waals surface area contributed by atoms with Gasteiger partial charge in [-0.2, -0.15) is 0 Å². The molecule has 4 unspecified atom stereocenters. The van der Waals surface area contributed by atoms with E-state index >= 15 is 0 Å². The third kappa shape index (κ3) is 18.8. The van der Waals surface area contributed by atoms with Crippen molar-refractivity contribution in [1.82, 2.24) is 0 Å². The predicted molar refractivity (Wildman–Crippen MR) is 158 cm³/mol. The van der Waals surface area contributed by atoms with Gasteiger partial charge in [0.2, 0.25) is 0 Å². The number of esters is 1. The van der Waals surface area contributed by atoms with Crippen LogP contribution in [0, 0.1) is 29.6 Å². The molecule has 0 saturated carbocycles. The number of carboxylic acid groups (broad SMARTS) is 1. The number of carboxylic acids is 1. The van der Waals surface area contributed by atoms with Gasteiger partial charge >= 0.3 is 11.9 Å². The molecule has 0 radical (unpaired) electrons. The molecule has 220 valence electrons. The molecule has 0 rings (SSSR count). The molecular formula is C33H64O4. The lowest BCUT2D eigenvalue weighted by Crippen LogP contribution is -2.32. The van der Waals surface area contributed by atoms with Crippen LogP contribution < -0.4 is 0 Å². The second-order valence-corrected chi connectivity index (χ2v) is 12.0. The minimum absolute atomic E-state index is 0.0275. The van der Waals surface area contributed by atoms with Gasteiger partial charge in [-0.3, -0.25) is 9.59 Å². The van der Waals surface area contributed by atoms with E-state index in [4.69, 9.17) is 9.84 Å². The van der Waals surface area contributed by atoms with Gasteiger partial charge in [-0.15, -0.1) is 0 Å². The lowest BCUT2D eigenvalue weighted by molar-refractivity contribution is -0.154. The predicted octanol–water partition coefficient (Wildman–Crippen LogP) is 10.2. The third-order valence-electron chi connectivity index (χ3n) is 8.49. The van der Waals surface area contributed by atoms with Crippen LogP contribution >= 0.6 is 0 Å². The molecule has 0 bridgehead atoms. The van der Waals surface area contributed by atoms with E-state index in [2.05, 4.69) is 41.5 Å². The molecule has 0 aliphatic carbocycles. The van der Waals surface area contributed by atoms with Gasteiger partial charge < -0.3 is 9.84 Å². The Hall–Kier alpha value is -1.06. The first-order valence-electron chi connectivity index (χ1n) is 16.2. The summed E-state index contributed by atoms with van der Waals surface area (Å²) in [6.45, 7) is 14.2. The minimum atomic E-state index is -0.681. The molecule has 0 aromatic heterocycles. The quantitative estimate of drug-likeness (QED) is 0.0902. The van der Waals surface area contributed by atoms with Crippen LogP contribution in [0.4, 0.5) is 0 Å². The molecule has 1 N–H and O–H groups in total. The van der Waals surface area contributed by atoms with Crippen molar-refractivity contribution in [2.45, 2.75) is 164 Å². The Morgan fingerprint density at radius 3 is 1.68 bits per heavy atom. The average molecular weight is 525 g/mol. The van der Waals surface area contributed by atoms with Crippen LogP contribution in [0.3, 0.4) is 0 Å². The number of carbonyl (C=O) groups excluding carboxylic acids is 1. The topological polar surface area (TPSA) is 63.6 Å². The molecule has 4 heteroatoms. The van der Waals surface area contributed by atoms with E-state index in [-0.39, 0.29) is 11.9 Å². The molecule has 0 aromatic rings. The van der Waals surface area contributed by atoms with Crippen LogP contribution in [0.2, 0.25) is 0 Å². The number of rotatable bonds is 26. The smallest absolute Gasteiger partial charge is 0.309 e. The number of ether oxygens (including phenoxy) is 1. The van der Waals surface area contributed by atoms with Crippen molar-refractivity contribution in [1.29, 1.82) is 0 Å². The van der Waals surface area contributed by atoms with Gasteiger partial charge in [-0.1, -0.05) is 131 Å². The van der Waals surface area contributed by atoms with E-state index in [0.717, 1.165) is 51.4 Å². The Bertz CT molecular complexity index is 544. The molecule has 0 fully saturated rings. The lowest BCUT2D eigenvalue weighted by Gasteiger charge is -2.32. The summed E-state index contributed by atoms with van der Waals surface area (Å²) in [6, 6.07) is 0. The normalized spacial score (nSPS) is 14.9. The van der Waals surface area contributed by atoms with E-state index in [1.54, 1.807) is 0 Å². The Morgan fingerprint density at radius 1 is 0.676 bits per heavy atom. The van der Waals surface area contributed by atoms with E-state index in [1.165, 1.54) is 64.2 Å². The lowest BCUT2D eigenvalue weighted by atomic mass is 9.74.